The molecule has 82 valence electrons. The minimum atomic E-state index is -0.708. The molecule has 0 bridgehead atoms. The van der Waals surface area contributed by atoms with Crippen molar-refractivity contribution in [1.82, 2.24) is 10.1 Å². The average Bonchev–Trinajstić information content (AvgIpc) is 2.78. The number of methoxy groups -OCH3 is 1. The molecule has 0 radical (unpaired) electrons. The molecule has 0 saturated heterocycles. The molecular formula is C10H7FN2O3. The second-order valence-corrected chi connectivity index (χ2v) is 2.92. The molecule has 0 aliphatic heterocycles. The van der Waals surface area contributed by atoms with Crippen LogP contribution in [0.1, 0.15) is 10.7 Å². The van der Waals surface area contributed by atoms with Crippen LogP contribution in [0.5, 0.6) is 0 Å². The highest BCUT2D eigenvalue weighted by atomic mass is 19.1. The van der Waals surface area contributed by atoms with Gasteiger partial charge in [-0.05, 0) is 24.3 Å². The predicted molar refractivity (Wildman–Crippen MR) is 51.0 cm³/mol. The van der Waals surface area contributed by atoms with E-state index in [4.69, 9.17) is 0 Å². The van der Waals surface area contributed by atoms with Gasteiger partial charge in [-0.15, -0.1) is 0 Å². The Morgan fingerprint density at radius 2 is 2.06 bits per heavy atom. The highest BCUT2D eigenvalue weighted by Gasteiger charge is 2.15. The van der Waals surface area contributed by atoms with Crippen molar-refractivity contribution in [2.75, 3.05) is 7.11 Å². The van der Waals surface area contributed by atoms with Crippen LogP contribution < -0.4 is 0 Å². The Morgan fingerprint density at radius 1 is 1.38 bits per heavy atom. The summed E-state index contributed by atoms with van der Waals surface area (Å²) >= 11 is 0. The average molecular weight is 222 g/mol. The van der Waals surface area contributed by atoms with E-state index in [1.54, 1.807) is 0 Å². The van der Waals surface area contributed by atoms with Crippen LogP contribution in [-0.2, 0) is 4.74 Å². The van der Waals surface area contributed by atoms with E-state index in [-0.39, 0.29) is 17.5 Å². The van der Waals surface area contributed by atoms with E-state index < -0.39 is 5.97 Å². The maximum Gasteiger partial charge on any atom is 0.397 e. The van der Waals surface area contributed by atoms with Crippen LogP contribution in [0.15, 0.2) is 28.8 Å². The lowest BCUT2D eigenvalue weighted by molar-refractivity contribution is 0.0545. The van der Waals surface area contributed by atoms with Crippen molar-refractivity contribution < 1.29 is 18.4 Å². The number of carbonyl (C=O) groups excluding carboxylic acids is 1. The number of rotatable bonds is 2. The first-order valence-electron chi connectivity index (χ1n) is 4.38. The molecular weight excluding hydrogens is 215 g/mol. The Morgan fingerprint density at radius 3 is 2.69 bits per heavy atom. The monoisotopic (exact) mass is 222 g/mol. The summed E-state index contributed by atoms with van der Waals surface area (Å²) in [7, 11) is 1.21. The van der Waals surface area contributed by atoms with Crippen LogP contribution in [-0.4, -0.2) is 23.2 Å². The van der Waals surface area contributed by atoms with Crippen LogP contribution in [0.2, 0.25) is 0 Å². The Kier molecular flexibility index (Phi) is 2.63. The van der Waals surface area contributed by atoms with Crippen molar-refractivity contribution in [3.05, 3.63) is 36.0 Å². The second-order valence-electron chi connectivity index (χ2n) is 2.92. The molecule has 0 spiro atoms. The molecule has 1 aromatic carbocycles. The molecule has 16 heavy (non-hydrogen) atoms. The quantitative estimate of drug-likeness (QED) is 0.723. The number of ether oxygens (including phenoxy) is 1. The molecule has 5 nitrogen and oxygen atoms in total. The number of hydrogen-bond donors (Lipinski definition) is 0. The molecule has 6 heteroatoms. The molecule has 2 rings (SSSR count). The van der Waals surface area contributed by atoms with Crippen LogP contribution in [0.25, 0.3) is 11.4 Å². The lowest BCUT2D eigenvalue weighted by atomic mass is 10.2. The molecule has 0 aliphatic rings. The fourth-order valence-electron chi connectivity index (χ4n) is 1.11. The summed E-state index contributed by atoms with van der Waals surface area (Å²) in [5.41, 5.74) is 0.556. The Balaban J connectivity index is 2.31. The van der Waals surface area contributed by atoms with Gasteiger partial charge in [-0.1, -0.05) is 5.16 Å². The van der Waals surface area contributed by atoms with Gasteiger partial charge in [0.15, 0.2) is 0 Å². The summed E-state index contributed by atoms with van der Waals surface area (Å²) in [5.74, 6) is -1.09. The molecule has 0 aliphatic carbocycles. The van der Waals surface area contributed by atoms with Gasteiger partial charge in [0.05, 0.1) is 7.11 Å². The van der Waals surface area contributed by atoms with Crippen LogP contribution >= 0.6 is 0 Å². The molecule has 0 atom stereocenters. The number of esters is 1. The summed E-state index contributed by atoms with van der Waals surface area (Å²) in [6, 6.07) is 5.51. The number of carbonyl (C=O) groups is 1. The molecule has 2 aromatic rings. The first-order valence-corrected chi connectivity index (χ1v) is 4.38. The third-order valence-electron chi connectivity index (χ3n) is 1.89. The number of halogens is 1. The third-order valence-corrected chi connectivity index (χ3v) is 1.89. The van der Waals surface area contributed by atoms with Crippen molar-refractivity contribution >= 4 is 5.97 Å². The van der Waals surface area contributed by atoms with Crippen LogP contribution in [0.4, 0.5) is 4.39 Å². The third kappa shape index (κ3) is 1.90. The second kappa shape index (κ2) is 4.09. The number of hydrogen-bond acceptors (Lipinski definition) is 5. The Labute approximate surface area is 89.8 Å². The van der Waals surface area contributed by atoms with Gasteiger partial charge in [0, 0.05) is 5.56 Å². The van der Waals surface area contributed by atoms with Crippen molar-refractivity contribution in [2.24, 2.45) is 0 Å². The minimum Gasteiger partial charge on any atom is -0.462 e. The number of benzene rings is 1. The smallest absolute Gasteiger partial charge is 0.397 e. The molecule has 1 aromatic heterocycles. The van der Waals surface area contributed by atoms with E-state index >= 15 is 0 Å². The summed E-state index contributed by atoms with van der Waals surface area (Å²) in [6.07, 6.45) is 0. The zero-order chi connectivity index (χ0) is 11.5. The Hall–Kier alpha value is -2.24. The normalized spacial score (nSPS) is 10.1. The maximum absolute atomic E-state index is 12.7. The van der Waals surface area contributed by atoms with Gasteiger partial charge in [-0.25, -0.2) is 9.18 Å². The Bertz CT molecular complexity index is 507. The number of nitrogens with zero attached hydrogens (tertiary/aromatic N) is 2. The first kappa shape index (κ1) is 10.3. The minimum absolute atomic E-state index is 0.209. The summed E-state index contributed by atoms with van der Waals surface area (Å²) in [5, 5.41) is 3.58. The highest BCUT2D eigenvalue weighted by molar-refractivity contribution is 5.84. The van der Waals surface area contributed by atoms with Gasteiger partial charge in [-0.3, -0.25) is 0 Å². The molecule has 0 N–H and O–H groups in total. The van der Waals surface area contributed by atoms with Gasteiger partial charge in [-0.2, -0.15) is 4.98 Å². The standard InChI is InChI=1S/C10H7FN2O3/c1-15-10(14)9-12-8(13-16-9)6-2-4-7(11)5-3-6/h2-5H,1H3. The first-order chi connectivity index (χ1) is 7.70. The SMILES string of the molecule is COC(=O)c1nc(-c2ccc(F)cc2)no1. The lowest BCUT2D eigenvalue weighted by Gasteiger charge is -1.92. The van der Waals surface area contributed by atoms with Crippen LogP contribution in [0.3, 0.4) is 0 Å². The maximum atomic E-state index is 12.7. The van der Waals surface area contributed by atoms with E-state index in [1.165, 1.54) is 31.4 Å². The summed E-state index contributed by atoms with van der Waals surface area (Å²) in [4.78, 5) is 14.8. The summed E-state index contributed by atoms with van der Waals surface area (Å²) < 4.78 is 21.7. The molecule has 0 unspecified atom stereocenters. The van der Waals surface area contributed by atoms with Gasteiger partial charge < -0.3 is 9.26 Å². The van der Waals surface area contributed by atoms with Gasteiger partial charge in [0.25, 0.3) is 0 Å². The zero-order valence-electron chi connectivity index (χ0n) is 8.31. The largest absolute Gasteiger partial charge is 0.462 e. The van der Waals surface area contributed by atoms with Crippen molar-refractivity contribution in [2.45, 2.75) is 0 Å². The van der Waals surface area contributed by atoms with Gasteiger partial charge in [0.2, 0.25) is 5.82 Å². The molecule has 0 fully saturated rings. The highest BCUT2D eigenvalue weighted by Crippen LogP contribution is 2.16. The van der Waals surface area contributed by atoms with Crippen LogP contribution in [0, 0.1) is 5.82 Å². The zero-order valence-corrected chi connectivity index (χ0v) is 8.31. The molecule has 1 heterocycles. The fourth-order valence-corrected chi connectivity index (χ4v) is 1.11. The van der Waals surface area contributed by atoms with Gasteiger partial charge >= 0.3 is 11.9 Å². The van der Waals surface area contributed by atoms with E-state index in [2.05, 4.69) is 19.4 Å². The van der Waals surface area contributed by atoms with E-state index in [1.807, 2.05) is 0 Å². The van der Waals surface area contributed by atoms with Crippen molar-refractivity contribution in [3.63, 3.8) is 0 Å². The van der Waals surface area contributed by atoms with Crippen molar-refractivity contribution in [1.29, 1.82) is 0 Å². The summed E-state index contributed by atoms with van der Waals surface area (Å²) in [6.45, 7) is 0. The lowest BCUT2D eigenvalue weighted by Crippen LogP contribution is -2.00. The number of aromatic nitrogens is 2. The molecule has 0 amide bonds. The van der Waals surface area contributed by atoms with E-state index in [0.29, 0.717) is 5.56 Å². The van der Waals surface area contributed by atoms with Gasteiger partial charge in [0.1, 0.15) is 5.82 Å². The van der Waals surface area contributed by atoms with Crippen molar-refractivity contribution in [3.8, 4) is 11.4 Å². The topological polar surface area (TPSA) is 65.2 Å². The molecule has 0 saturated carbocycles. The van der Waals surface area contributed by atoms with E-state index in [9.17, 15) is 9.18 Å². The fraction of sp³-hybridized carbons (Fsp3) is 0.100. The predicted octanol–water partition coefficient (Wildman–Crippen LogP) is 1.66. The van der Waals surface area contributed by atoms with E-state index in [0.717, 1.165) is 0 Å².